The molecule has 0 aliphatic carbocycles. The molecule has 0 fully saturated rings. The van der Waals surface area contributed by atoms with Gasteiger partial charge < -0.3 is 14.8 Å². The first-order chi connectivity index (χ1) is 13.2. The molecule has 0 bridgehead atoms. The second-order valence-corrected chi connectivity index (χ2v) is 6.80. The molecule has 27 heavy (non-hydrogen) atoms. The van der Waals surface area contributed by atoms with Crippen LogP contribution in [0.3, 0.4) is 0 Å². The third-order valence-electron chi connectivity index (χ3n) is 4.75. The zero-order valence-electron chi connectivity index (χ0n) is 15.6. The summed E-state index contributed by atoms with van der Waals surface area (Å²) >= 11 is 0. The van der Waals surface area contributed by atoms with Crippen LogP contribution in [0.1, 0.15) is 16.7 Å². The zero-order valence-corrected chi connectivity index (χ0v) is 15.6. The second kappa shape index (κ2) is 9.15. The lowest BCUT2D eigenvalue weighted by Crippen LogP contribution is -2.50. The highest BCUT2D eigenvalue weighted by molar-refractivity contribution is 5.66. The summed E-state index contributed by atoms with van der Waals surface area (Å²) in [6, 6.07) is 28.2. The summed E-state index contributed by atoms with van der Waals surface area (Å²) in [7, 11) is 1.66. The summed E-state index contributed by atoms with van der Waals surface area (Å²) in [6.45, 7) is 0.613. The lowest BCUT2D eigenvalue weighted by Gasteiger charge is -2.30. The molecule has 0 saturated heterocycles. The average Bonchev–Trinajstić information content (AvgIpc) is 2.74. The van der Waals surface area contributed by atoms with Gasteiger partial charge in [0.25, 0.3) is 0 Å². The molecule has 3 aromatic carbocycles. The Morgan fingerprint density at radius 1 is 0.778 bits per heavy atom. The Morgan fingerprint density at radius 2 is 1.30 bits per heavy atom. The van der Waals surface area contributed by atoms with Gasteiger partial charge in [-0.3, -0.25) is 0 Å². The minimum atomic E-state index is -0.664. The van der Waals surface area contributed by atoms with E-state index in [2.05, 4.69) is 29.6 Å². The van der Waals surface area contributed by atoms with E-state index in [4.69, 9.17) is 4.74 Å². The van der Waals surface area contributed by atoms with Gasteiger partial charge in [0, 0.05) is 6.54 Å². The van der Waals surface area contributed by atoms with Crippen molar-refractivity contribution in [2.75, 3.05) is 7.11 Å². The smallest absolute Gasteiger partial charge is 0.140 e. The summed E-state index contributed by atoms with van der Waals surface area (Å²) in [5.74, 6) is 0.828. The van der Waals surface area contributed by atoms with Gasteiger partial charge in [0.05, 0.1) is 12.6 Å². The third kappa shape index (κ3) is 5.28. The van der Waals surface area contributed by atoms with Gasteiger partial charge in [0.2, 0.25) is 0 Å². The van der Waals surface area contributed by atoms with Crippen molar-refractivity contribution in [2.45, 2.75) is 24.9 Å². The number of rotatable bonds is 9. The number of benzene rings is 3. The molecule has 0 aromatic heterocycles. The summed E-state index contributed by atoms with van der Waals surface area (Å²) in [6.07, 6.45) is 2.35. The van der Waals surface area contributed by atoms with Gasteiger partial charge in [0.1, 0.15) is 12.0 Å². The maximum atomic E-state index is 12.3. The molecule has 3 rings (SSSR count). The zero-order chi connectivity index (χ0) is 19.0. The number of carbonyl (C=O) groups is 1. The SMILES string of the molecule is COc1ccc(CNC(C=O)(Cc2ccccc2)Cc2ccccc2)cc1. The maximum absolute atomic E-state index is 12.3. The van der Waals surface area contributed by atoms with Gasteiger partial charge in [-0.1, -0.05) is 72.8 Å². The van der Waals surface area contributed by atoms with E-state index < -0.39 is 5.54 Å². The van der Waals surface area contributed by atoms with Gasteiger partial charge in [-0.25, -0.2) is 0 Å². The summed E-state index contributed by atoms with van der Waals surface area (Å²) in [4.78, 5) is 12.3. The summed E-state index contributed by atoms with van der Waals surface area (Å²) in [5, 5.41) is 3.52. The number of hydrogen-bond acceptors (Lipinski definition) is 3. The normalized spacial score (nSPS) is 11.1. The molecule has 3 aromatic rings. The van der Waals surface area contributed by atoms with Gasteiger partial charge >= 0.3 is 0 Å². The van der Waals surface area contributed by atoms with Gasteiger partial charge in [-0.2, -0.15) is 0 Å². The van der Waals surface area contributed by atoms with E-state index in [1.807, 2.05) is 60.7 Å². The molecule has 0 heterocycles. The topological polar surface area (TPSA) is 38.3 Å². The number of hydrogen-bond donors (Lipinski definition) is 1. The van der Waals surface area contributed by atoms with Crippen molar-refractivity contribution in [3.63, 3.8) is 0 Å². The number of ether oxygens (including phenoxy) is 1. The first-order valence-electron chi connectivity index (χ1n) is 9.15. The molecule has 138 valence electrons. The van der Waals surface area contributed by atoms with E-state index in [1.54, 1.807) is 7.11 Å². The van der Waals surface area contributed by atoms with Crippen LogP contribution in [0.15, 0.2) is 84.9 Å². The van der Waals surface area contributed by atoms with E-state index in [1.165, 1.54) is 0 Å². The van der Waals surface area contributed by atoms with Crippen LogP contribution >= 0.6 is 0 Å². The standard InChI is InChI=1S/C24H25NO2/c1-27-23-14-12-22(13-15-23)18-25-24(19-26,16-20-8-4-2-5-9-20)17-21-10-6-3-7-11-21/h2-15,19,25H,16-18H2,1H3. The predicted molar refractivity (Wildman–Crippen MR) is 109 cm³/mol. The van der Waals surface area contributed by atoms with Gasteiger partial charge in [0.15, 0.2) is 0 Å². The van der Waals surface area contributed by atoms with Crippen LogP contribution in [0, 0.1) is 0 Å². The molecule has 0 aliphatic rings. The van der Waals surface area contributed by atoms with Gasteiger partial charge in [-0.15, -0.1) is 0 Å². The molecule has 0 radical (unpaired) electrons. The monoisotopic (exact) mass is 359 g/mol. The van der Waals surface area contributed by atoms with Crippen LogP contribution in [0.5, 0.6) is 5.75 Å². The lowest BCUT2D eigenvalue weighted by molar-refractivity contribution is -0.113. The van der Waals surface area contributed by atoms with Crippen molar-refractivity contribution >= 4 is 6.29 Å². The van der Waals surface area contributed by atoms with Crippen LogP contribution in [-0.4, -0.2) is 18.9 Å². The Bertz CT molecular complexity index is 788. The average molecular weight is 359 g/mol. The van der Waals surface area contributed by atoms with Crippen molar-refractivity contribution in [3.8, 4) is 5.75 Å². The molecular formula is C24H25NO2. The highest BCUT2D eigenvalue weighted by Crippen LogP contribution is 2.19. The van der Waals surface area contributed by atoms with Crippen LogP contribution < -0.4 is 10.1 Å². The minimum Gasteiger partial charge on any atom is -0.497 e. The maximum Gasteiger partial charge on any atom is 0.140 e. The molecule has 0 amide bonds. The number of methoxy groups -OCH3 is 1. The molecule has 1 N–H and O–H groups in total. The molecule has 0 aliphatic heterocycles. The number of carbonyl (C=O) groups excluding carboxylic acids is 1. The Labute approximate surface area is 161 Å². The summed E-state index contributed by atoms with van der Waals surface area (Å²) in [5.41, 5.74) is 2.73. The van der Waals surface area contributed by atoms with Crippen molar-refractivity contribution < 1.29 is 9.53 Å². The quantitative estimate of drug-likeness (QED) is 0.582. The van der Waals surface area contributed by atoms with Crippen molar-refractivity contribution in [2.24, 2.45) is 0 Å². The number of nitrogens with one attached hydrogen (secondary N) is 1. The molecule has 0 atom stereocenters. The van der Waals surface area contributed by atoms with Crippen LogP contribution in [0.25, 0.3) is 0 Å². The fourth-order valence-corrected chi connectivity index (χ4v) is 3.25. The highest BCUT2D eigenvalue weighted by atomic mass is 16.5. The molecule has 0 saturated carbocycles. The van der Waals surface area contributed by atoms with E-state index in [0.717, 1.165) is 28.7 Å². The van der Waals surface area contributed by atoms with Crippen LogP contribution in [0.4, 0.5) is 0 Å². The molecule has 0 spiro atoms. The largest absolute Gasteiger partial charge is 0.497 e. The van der Waals surface area contributed by atoms with E-state index in [9.17, 15) is 4.79 Å². The first kappa shape index (κ1) is 18.9. The molecule has 3 heteroatoms. The minimum absolute atomic E-state index is 0.613. The predicted octanol–water partition coefficient (Wildman–Crippen LogP) is 4.21. The van der Waals surface area contributed by atoms with Gasteiger partial charge in [-0.05, 0) is 41.7 Å². The Hall–Kier alpha value is -2.91. The van der Waals surface area contributed by atoms with Crippen molar-refractivity contribution in [1.29, 1.82) is 0 Å². The Balaban J connectivity index is 1.81. The Morgan fingerprint density at radius 3 is 1.74 bits per heavy atom. The highest BCUT2D eigenvalue weighted by Gasteiger charge is 2.30. The number of aldehydes is 1. The van der Waals surface area contributed by atoms with Crippen molar-refractivity contribution in [3.05, 3.63) is 102 Å². The molecule has 0 unspecified atom stereocenters. The fourth-order valence-electron chi connectivity index (χ4n) is 3.25. The summed E-state index contributed by atoms with van der Waals surface area (Å²) < 4.78 is 5.22. The molecular weight excluding hydrogens is 334 g/mol. The van der Waals surface area contributed by atoms with Crippen molar-refractivity contribution in [1.82, 2.24) is 5.32 Å². The lowest BCUT2D eigenvalue weighted by atomic mass is 9.85. The third-order valence-corrected chi connectivity index (χ3v) is 4.75. The fraction of sp³-hybridized carbons (Fsp3) is 0.208. The van der Waals surface area contributed by atoms with E-state index >= 15 is 0 Å². The van der Waals surface area contributed by atoms with E-state index in [-0.39, 0.29) is 0 Å². The Kier molecular flexibility index (Phi) is 6.39. The van der Waals surface area contributed by atoms with Crippen LogP contribution in [-0.2, 0) is 24.2 Å². The van der Waals surface area contributed by atoms with E-state index in [0.29, 0.717) is 19.4 Å². The second-order valence-electron chi connectivity index (χ2n) is 6.80. The first-order valence-corrected chi connectivity index (χ1v) is 9.15. The van der Waals surface area contributed by atoms with Crippen LogP contribution in [0.2, 0.25) is 0 Å². The molecule has 3 nitrogen and oxygen atoms in total.